The Balaban J connectivity index is 3.34. The Hall–Kier alpha value is -0.520. The SMILES string of the molecule is C/C=C/C=C/C(C)C. The second-order valence-electron chi connectivity index (χ2n) is 2.15. The molecule has 0 unspecified atom stereocenters. The average molecular weight is 110 g/mol. The van der Waals surface area contributed by atoms with Gasteiger partial charge in [0, 0.05) is 0 Å². The van der Waals surface area contributed by atoms with E-state index < -0.39 is 0 Å². The molecule has 0 saturated heterocycles. The van der Waals surface area contributed by atoms with E-state index in [0.717, 1.165) is 0 Å². The summed E-state index contributed by atoms with van der Waals surface area (Å²) in [6, 6.07) is 0. The highest BCUT2D eigenvalue weighted by molar-refractivity contribution is 5.01. The Labute approximate surface area is 51.9 Å². The molecule has 0 rings (SSSR count). The van der Waals surface area contributed by atoms with Crippen LogP contribution in [0.4, 0.5) is 0 Å². The molecule has 0 radical (unpaired) electrons. The molecule has 0 atom stereocenters. The van der Waals surface area contributed by atoms with Crippen LogP contribution >= 0.6 is 0 Å². The highest BCUT2D eigenvalue weighted by Crippen LogP contribution is 1.92. The fraction of sp³-hybridized carbons (Fsp3) is 0.500. The Morgan fingerprint density at radius 3 is 2.12 bits per heavy atom. The van der Waals surface area contributed by atoms with E-state index in [-0.39, 0.29) is 0 Å². The summed E-state index contributed by atoms with van der Waals surface area (Å²) in [6.45, 7) is 6.35. The van der Waals surface area contributed by atoms with E-state index in [1.54, 1.807) is 0 Å². The fourth-order valence-corrected chi connectivity index (χ4v) is 0.397. The Kier molecular flexibility index (Phi) is 4.33. The van der Waals surface area contributed by atoms with Crippen molar-refractivity contribution in [3.63, 3.8) is 0 Å². The van der Waals surface area contributed by atoms with Crippen LogP contribution < -0.4 is 0 Å². The molecule has 46 valence electrons. The predicted molar refractivity (Wildman–Crippen MR) is 38.8 cm³/mol. The summed E-state index contributed by atoms with van der Waals surface area (Å²) in [4.78, 5) is 0. The average Bonchev–Trinajstić information content (AvgIpc) is 1.66. The Morgan fingerprint density at radius 1 is 1.12 bits per heavy atom. The van der Waals surface area contributed by atoms with Gasteiger partial charge in [-0.3, -0.25) is 0 Å². The first-order chi connectivity index (χ1) is 3.77. The van der Waals surface area contributed by atoms with Gasteiger partial charge in [0.15, 0.2) is 0 Å². The lowest BCUT2D eigenvalue weighted by atomic mass is 10.2. The third-order valence-electron chi connectivity index (χ3n) is 0.800. The second kappa shape index (κ2) is 4.63. The summed E-state index contributed by atoms with van der Waals surface area (Å²) in [7, 11) is 0. The number of hydrogen-bond donors (Lipinski definition) is 0. The largest absolute Gasteiger partial charge is 0.0877 e. The van der Waals surface area contributed by atoms with Crippen LogP contribution in [0.3, 0.4) is 0 Å². The summed E-state index contributed by atoms with van der Waals surface area (Å²) in [5.74, 6) is 0.672. The van der Waals surface area contributed by atoms with E-state index in [4.69, 9.17) is 0 Å². The van der Waals surface area contributed by atoms with Gasteiger partial charge in [0.2, 0.25) is 0 Å². The molecule has 0 amide bonds. The first kappa shape index (κ1) is 7.48. The monoisotopic (exact) mass is 110 g/mol. The molecular formula is C8H14. The van der Waals surface area contributed by atoms with E-state index >= 15 is 0 Å². The molecular weight excluding hydrogens is 96.1 g/mol. The van der Waals surface area contributed by atoms with Crippen LogP contribution in [0.5, 0.6) is 0 Å². The van der Waals surface area contributed by atoms with E-state index in [9.17, 15) is 0 Å². The maximum absolute atomic E-state index is 2.17. The molecule has 0 fully saturated rings. The minimum atomic E-state index is 0.672. The summed E-state index contributed by atoms with van der Waals surface area (Å²) < 4.78 is 0. The van der Waals surface area contributed by atoms with E-state index in [0.29, 0.717) is 5.92 Å². The lowest BCUT2D eigenvalue weighted by molar-refractivity contribution is 0.832. The summed E-state index contributed by atoms with van der Waals surface area (Å²) in [5, 5.41) is 0. The van der Waals surface area contributed by atoms with Crippen LogP contribution in [0.2, 0.25) is 0 Å². The van der Waals surface area contributed by atoms with Gasteiger partial charge < -0.3 is 0 Å². The highest BCUT2D eigenvalue weighted by Gasteiger charge is 1.77. The van der Waals surface area contributed by atoms with Gasteiger partial charge in [0.1, 0.15) is 0 Å². The number of allylic oxidation sites excluding steroid dienone is 4. The molecule has 0 bridgehead atoms. The van der Waals surface area contributed by atoms with Gasteiger partial charge in [0.25, 0.3) is 0 Å². The standard InChI is InChI=1S/C8H14/c1-4-5-6-7-8(2)3/h4-8H,1-3H3/b5-4+,7-6+. The molecule has 0 aromatic rings. The minimum absolute atomic E-state index is 0.672. The third-order valence-corrected chi connectivity index (χ3v) is 0.800. The van der Waals surface area contributed by atoms with Crippen molar-refractivity contribution in [2.45, 2.75) is 20.8 Å². The summed E-state index contributed by atoms with van der Waals surface area (Å²) in [6.07, 6.45) is 8.31. The zero-order valence-electron chi connectivity index (χ0n) is 5.89. The van der Waals surface area contributed by atoms with Crippen molar-refractivity contribution in [3.05, 3.63) is 24.3 Å². The predicted octanol–water partition coefficient (Wildman–Crippen LogP) is 2.77. The molecule has 0 heteroatoms. The smallest absolute Gasteiger partial charge is 0.0287 e. The van der Waals surface area contributed by atoms with Gasteiger partial charge in [-0.25, -0.2) is 0 Å². The van der Waals surface area contributed by atoms with Gasteiger partial charge >= 0.3 is 0 Å². The lowest BCUT2D eigenvalue weighted by Gasteiger charge is -1.88. The van der Waals surface area contributed by atoms with Gasteiger partial charge in [-0.2, -0.15) is 0 Å². The molecule has 0 N–H and O–H groups in total. The number of rotatable bonds is 2. The second-order valence-corrected chi connectivity index (χ2v) is 2.15. The first-order valence-corrected chi connectivity index (χ1v) is 3.07. The maximum Gasteiger partial charge on any atom is -0.0287 e. The molecule has 0 aliphatic rings. The first-order valence-electron chi connectivity index (χ1n) is 3.07. The fourth-order valence-electron chi connectivity index (χ4n) is 0.397. The number of hydrogen-bond acceptors (Lipinski definition) is 0. The van der Waals surface area contributed by atoms with Crippen LogP contribution in [0.25, 0.3) is 0 Å². The highest BCUT2D eigenvalue weighted by atomic mass is 13.8. The summed E-state index contributed by atoms with van der Waals surface area (Å²) in [5.41, 5.74) is 0. The van der Waals surface area contributed by atoms with Crippen LogP contribution in [-0.4, -0.2) is 0 Å². The van der Waals surface area contributed by atoms with Crippen LogP contribution in [0.15, 0.2) is 24.3 Å². The quantitative estimate of drug-likeness (QED) is 0.479. The zero-order valence-corrected chi connectivity index (χ0v) is 5.89. The molecule has 0 saturated carbocycles. The van der Waals surface area contributed by atoms with Gasteiger partial charge in [-0.1, -0.05) is 38.2 Å². The van der Waals surface area contributed by atoms with Crippen LogP contribution in [0, 0.1) is 5.92 Å². The molecule has 0 aromatic carbocycles. The van der Waals surface area contributed by atoms with Crippen molar-refractivity contribution in [1.29, 1.82) is 0 Å². The van der Waals surface area contributed by atoms with Crippen molar-refractivity contribution >= 4 is 0 Å². The topological polar surface area (TPSA) is 0 Å². The third kappa shape index (κ3) is 5.48. The molecule has 8 heavy (non-hydrogen) atoms. The molecule has 0 heterocycles. The Morgan fingerprint density at radius 2 is 1.75 bits per heavy atom. The lowest BCUT2D eigenvalue weighted by Crippen LogP contribution is -1.74. The zero-order chi connectivity index (χ0) is 6.41. The molecule has 0 nitrogen and oxygen atoms in total. The molecule has 0 spiro atoms. The van der Waals surface area contributed by atoms with Gasteiger partial charge in [-0.05, 0) is 12.8 Å². The van der Waals surface area contributed by atoms with Crippen LogP contribution in [0.1, 0.15) is 20.8 Å². The Bertz CT molecular complexity index is 86.2. The molecule has 0 aliphatic carbocycles. The molecule has 0 aromatic heterocycles. The summed E-state index contributed by atoms with van der Waals surface area (Å²) >= 11 is 0. The van der Waals surface area contributed by atoms with Crippen molar-refractivity contribution in [1.82, 2.24) is 0 Å². The maximum atomic E-state index is 2.17. The van der Waals surface area contributed by atoms with E-state index in [2.05, 4.69) is 26.0 Å². The van der Waals surface area contributed by atoms with E-state index in [1.807, 2.05) is 19.1 Å². The van der Waals surface area contributed by atoms with Crippen molar-refractivity contribution < 1.29 is 0 Å². The minimum Gasteiger partial charge on any atom is -0.0877 e. The van der Waals surface area contributed by atoms with Crippen molar-refractivity contribution in [3.8, 4) is 0 Å². The normalized spacial score (nSPS) is 12.5. The van der Waals surface area contributed by atoms with Crippen LogP contribution in [-0.2, 0) is 0 Å². The van der Waals surface area contributed by atoms with Gasteiger partial charge in [0.05, 0.1) is 0 Å². The van der Waals surface area contributed by atoms with Gasteiger partial charge in [-0.15, -0.1) is 0 Å². The molecule has 0 aliphatic heterocycles. The van der Waals surface area contributed by atoms with E-state index in [1.165, 1.54) is 0 Å². The van der Waals surface area contributed by atoms with Crippen molar-refractivity contribution in [2.24, 2.45) is 5.92 Å². The van der Waals surface area contributed by atoms with Crippen molar-refractivity contribution in [2.75, 3.05) is 0 Å².